The summed E-state index contributed by atoms with van der Waals surface area (Å²) >= 11 is 3.16. The number of carboxylic acids is 1. The summed E-state index contributed by atoms with van der Waals surface area (Å²) in [5.41, 5.74) is -1.23. The number of halogens is 2. The fourth-order valence-electron chi connectivity index (χ4n) is 1.35. The van der Waals surface area contributed by atoms with E-state index in [0.717, 1.165) is 6.08 Å². The molecule has 0 aliphatic rings. The Hall–Kier alpha value is -1.89. The van der Waals surface area contributed by atoms with Gasteiger partial charge in [0.1, 0.15) is 17.1 Å². The van der Waals surface area contributed by atoms with Crippen molar-refractivity contribution in [3.63, 3.8) is 0 Å². The number of rotatable bonds is 3. The van der Waals surface area contributed by atoms with E-state index in [0.29, 0.717) is 4.47 Å². The molecule has 1 amide bonds. The molecule has 0 unspecified atom stereocenters. The zero-order valence-corrected chi connectivity index (χ0v) is 13.3. The first kappa shape index (κ1) is 17.2. The number of alkyl carbamates (subject to hydrolysis) is 1. The fourth-order valence-corrected chi connectivity index (χ4v) is 1.72. The van der Waals surface area contributed by atoms with Crippen LogP contribution in [0.5, 0.6) is 0 Å². The molecular formula is C14H15BrFNO4. The molecule has 7 heteroatoms. The van der Waals surface area contributed by atoms with Crippen LogP contribution in [0.1, 0.15) is 26.3 Å². The zero-order valence-electron chi connectivity index (χ0n) is 11.7. The van der Waals surface area contributed by atoms with Gasteiger partial charge in [0.05, 0.1) is 0 Å². The smallest absolute Gasteiger partial charge is 0.412 e. The molecule has 114 valence electrons. The summed E-state index contributed by atoms with van der Waals surface area (Å²) in [6, 6.07) is 4.06. The van der Waals surface area contributed by atoms with E-state index in [1.807, 2.05) is 0 Å². The third kappa shape index (κ3) is 5.95. The number of aliphatic carboxylic acids is 1. The van der Waals surface area contributed by atoms with Crippen molar-refractivity contribution in [3.05, 3.63) is 39.7 Å². The maximum atomic E-state index is 13.6. The van der Waals surface area contributed by atoms with Crippen LogP contribution in [0.3, 0.4) is 0 Å². The van der Waals surface area contributed by atoms with Crippen molar-refractivity contribution in [1.29, 1.82) is 0 Å². The Morgan fingerprint density at radius 2 is 2.00 bits per heavy atom. The van der Waals surface area contributed by atoms with E-state index in [4.69, 9.17) is 9.84 Å². The van der Waals surface area contributed by atoms with Gasteiger partial charge in [-0.1, -0.05) is 15.9 Å². The van der Waals surface area contributed by atoms with Crippen molar-refractivity contribution >= 4 is 34.1 Å². The van der Waals surface area contributed by atoms with Gasteiger partial charge in [0.2, 0.25) is 0 Å². The SMILES string of the molecule is CC(C)(C)OC(=O)N/C(=C/c1cc(Br)ccc1F)C(=O)O. The number of amides is 1. The average Bonchev–Trinajstić information content (AvgIpc) is 2.30. The minimum atomic E-state index is -1.40. The van der Waals surface area contributed by atoms with Gasteiger partial charge in [-0.3, -0.25) is 5.32 Å². The van der Waals surface area contributed by atoms with Gasteiger partial charge in [0.15, 0.2) is 0 Å². The van der Waals surface area contributed by atoms with Gasteiger partial charge in [-0.15, -0.1) is 0 Å². The minimum Gasteiger partial charge on any atom is -0.477 e. The second kappa shape index (κ2) is 6.71. The first-order valence-corrected chi connectivity index (χ1v) is 6.78. The van der Waals surface area contributed by atoms with E-state index in [1.54, 1.807) is 20.8 Å². The summed E-state index contributed by atoms with van der Waals surface area (Å²) in [6.07, 6.45) is 0.0957. The van der Waals surface area contributed by atoms with Crippen molar-refractivity contribution in [2.75, 3.05) is 0 Å². The summed E-state index contributed by atoms with van der Waals surface area (Å²) in [6.45, 7) is 4.93. The lowest BCUT2D eigenvalue weighted by Crippen LogP contribution is -2.34. The van der Waals surface area contributed by atoms with Crippen LogP contribution in [0.25, 0.3) is 6.08 Å². The van der Waals surface area contributed by atoms with Crippen LogP contribution in [0, 0.1) is 5.82 Å². The van der Waals surface area contributed by atoms with Gasteiger partial charge in [-0.25, -0.2) is 14.0 Å². The molecule has 0 heterocycles. The first-order chi connectivity index (χ1) is 9.58. The zero-order chi connectivity index (χ0) is 16.2. The monoisotopic (exact) mass is 359 g/mol. The molecule has 21 heavy (non-hydrogen) atoms. The van der Waals surface area contributed by atoms with Gasteiger partial charge >= 0.3 is 12.1 Å². The molecule has 0 fully saturated rings. The molecule has 5 nitrogen and oxygen atoms in total. The van der Waals surface area contributed by atoms with E-state index < -0.39 is 29.2 Å². The van der Waals surface area contributed by atoms with Crippen LogP contribution in [0.2, 0.25) is 0 Å². The van der Waals surface area contributed by atoms with Gasteiger partial charge in [0.25, 0.3) is 0 Å². The standard InChI is InChI=1S/C14H15BrFNO4/c1-14(2,3)21-13(20)17-11(12(18)19)7-8-6-9(15)4-5-10(8)16/h4-7H,1-3H3,(H,17,20)(H,18,19)/b11-7+. The largest absolute Gasteiger partial charge is 0.477 e. The number of carbonyl (C=O) groups is 2. The number of carboxylic acid groups (broad SMARTS) is 1. The van der Waals surface area contributed by atoms with Crippen molar-refractivity contribution in [2.24, 2.45) is 0 Å². The molecule has 0 bridgehead atoms. The maximum Gasteiger partial charge on any atom is 0.412 e. The van der Waals surface area contributed by atoms with Crippen LogP contribution in [-0.4, -0.2) is 22.8 Å². The molecule has 0 radical (unpaired) electrons. The lowest BCUT2D eigenvalue weighted by Gasteiger charge is -2.19. The normalized spacial score (nSPS) is 12.0. The predicted octanol–water partition coefficient (Wildman–Crippen LogP) is 3.54. The summed E-state index contributed by atoms with van der Waals surface area (Å²) in [7, 11) is 0. The Morgan fingerprint density at radius 3 is 2.52 bits per heavy atom. The molecule has 0 aromatic heterocycles. The van der Waals surface area contributed by atoms with Crippen molar-refractivity contribution in [1.82, 2.24) is 5.32 Å². The van der Waals surface area contributed by atoms with E-state index in [-0.39, 0.29) is 5.56 Å². The van der Waals surface area contributed by atoms with Crippen LogP contribution in [0.4, 0.5) is 9.18 Å². The molecule has 2 N–H and O–H groups in total. The summed E-state index contributed by atoms with van der Waals surface area (Å²) in [5.74, 6) is -2.01. The summed E-state index contributed by atoms with van der Waals surface area (Å²) in [5, 5.41) is 11.2. The van der Waals surface area contributed by atoms with Crippen LogP contribution >= 0.6 is 15.9 Å². The first-order valence-electron chi connectivity index (χ1n) is 5.98. The Bertz CT molecular complexity index is 593. The number of carbonyl (C=O) groups excluding carboxylic acids is 1. The lowest BCUT2D eigenvalue weighted by molar-refractivity contribution is -0.133. The highest BCUT2D eigenvalue weighted by atomic mass is 79.9. The van der Waals surface area contributed by atoms with E-state index >= 15 is 0 Å². The summed E-state index contributed by atoms with van der Waals surface area (Å²) in [4.78, 5) is 22.7. The Labute approximate surface area is 129 Å². The molecule has 0 aliphatic carbocycles. The molecule has 1 aromatic rings. The van der Waals surface area contributed by atoms with Crippen LogP contribution in [0.15, 0.2) is 28.4 Å². The third-order valence-corrected chi connectivity index (χ3v) is 2.62. The summed E-state index contributed by atoms with van der Waals surface area (Å²) < 4.78 is 19.1. The lowest BCUT2D eigenvalue weighted by atomic mass is 10.2. The van der Waals surface area contributed by atoms with E-state index in [1.165, 1.54) is 18.2 Å². The van der Waals surface area contributed by atoms with Crippen molar-refractivity contribution in [2.45, 2.75) is 26.4 Å². The molecule has 0 saturated heterocycles. The van der Waals surface area contributed by atoms with Gasteiger partial charge in [-0.05, 0) is 45.0 Å². The average molecular weight is 360 g/mol. The highest BCUT2D eigenvalue weighted by Crippen LogP contribution is 2.18. The third-order valence-electron chi connectivity index (χ3n) is 2.12. The molecule has 0 spiro atoms. The van der Waals surface area contributed by atoms with E-state index in [9.17, 15) is 14.0 Å². The Morgan fingerprint density at radius 1 is 1.38 bits per heavy atom. The number of nitrogens with one attached hydrogen (secondary N) is 1. The molecule has 0 atom stereocenters. The molecular weight excluding hydrogens is 345 g/mol. The van der Waals surface area contributed by atoms with Crippen molar-refractivity contribution in [3.8, 4) is 0 Å². The molecule has 0 aliphatic heterocycles. The second-order valence-corrected chi connectivity index (χ2v) is 6.07. The number of benzene rings is 1. The number of hydrogen-bond acceptors (Lipinski definition) is 3. The van der Waals surface area contributed by atoms with Crippen LogP contribution < -0.4 is 5.32 Å². The highest BCUT2D eigenvalue weighted by Gasteiger charge is 2.19. The molecule has 0 saturated carbocycles. The fraction of sp³-hybridized carbons (Fsp3) is 0.286. The molecule has 1 aromatic carbocycles. The highest BCUT2D eigenvalue weighted by molar-refractivity contribution is 9.10. The Balaban J connectivity index is 3.02. The Kier molecular flexibility index (Phi) is 5.48. The quantitative estimate of drug-likeness (QED) is 0.809. The molecule has 1 rings (SSSR count). The van der Waals surface area contributed by atoms with Crippen LogP contribution in [-0.2, 0) is 9.53 Å². The van der Waals surface area contributed by atoms with Gasteiger partial charge in [0, 0.05) is 10.0 Å². The second-order valence-electron chi connectivity index (χ2n) is 5.16. The van der Waals surface area contributed by atoms with Crippen molar-refractivity contribution < 1.29 is 23.8 Å². The topological polar surface area (TPSA) is 75.6 Å². The number of hydrogen-bond donors (Lipinski definition) is 2. The maximum absolute atomic E-state index is 13.6. The minimum absolute atomic E-state index is 0.0258. The predicted molar refractivity (Wildman–Crippen MR) is 79.1 cm³/mol. The van der Waals surface area contributed by atoms with E-state index in [2.05, 4.69) is 21.2 Å². The van der Waals surface area contributed by atoms with Gasteiger partial charge in [-0.2, -0.15) is 0 Å². The van der Waals surface area contributed by atoms with Gasteiger partial charge < -0.3 is 9.84 Å². The number of ether oxygens (including phenoxy) is 1.